The van der Waals surface area contributed by atoms with Crippen molar-refractivity contribution in [1.29, 1.82) is 0 Å². The second-order valence-electron chi connectivity index (χ2n) is 7.29. The van der Waals surface area contributed by atoms with Gasteiger partial charge in [0, 0.05) is 25.9 Å². The molecule has 0 unspecified atom stereocenters. The Morgan fingerprint density at radius 3 is 2.54 bits per heavy atom. The number of carbonyl (C=O) groups is 3. The van der Waals surface area contributed by atoms with Gasteiger partial charge < -0.3 is 24.8 Å². The summed E-state index contributed by atoms with van der Waals surface area (Å²) in [5.41, 5.74) is 0.624. The van der Waals surface area contributed by atoms with Crippen molar-refractivity contribution >= 4 is 17.8 Å². The summed E-state index contributed by atoms with van der Waals surface area (Å²) in [5.74, 6) is -2.75. The molecule has 7 nitrogen and oxygen atoms in total. The molecule has 0 aromatic heterocycles. The predicted molar refractivity (Wildman–Crippen MR) is 86.5 cm³/mol. The van der Waals surface area contributed by atoms with Crippen LogP contribution in [0.1, 0.15) is 26.2 Å². The van der Waals surface area contributed by atoms with Crippen molar-refractivity contribution in [2.24, 2.45) is 17.8 Å². The molecule has 2 heterocycles. The number of likely N-dealkylation sites (N-methyl/N-ethyl adjacent to an activating group) is 1. The van der Waals surface area contributed by atoms with Crippen molar-refractivity contribution < 1.29 is 76.0 Å². The minimum Gasteiger partial charge on any atom is -0.543 e. The Morgan fingerprint density at radius 2 is 2.00 bits per heavy atom. The van der Waals surface area contributed by atoms with Crippen molar-refractivity contribution in [2.45, 2.75) is 38.3 Å². The zero-order chi connectivity index (χ0) is 18.5. The van der Waals surface area contributed by atoms with E-state index in [2.05, 4.69) is 0 Å². The summed E-state index contributed by atoms with van der Waals surface area (Å²) in [5, 5.41) is 21.7. The minimum absolute atomic E-state index is 0. The van der Waals surface area contributed by atoms with Gasteiger partial charge in [-0.15, -0.1) is 0 Å². The van der Waals surface area contributed by atoms with Crippen LogP contribution in [0, 0.1) is 17.8 Å². The van der Waals surface area contributed by atoms with Gasteiger partial charge in [0.15, 0.2) is 0 Å². The molecule has 0 radical (unpaired) electrons. The molecule has 5 atom stereocenters. The Labute approximate surface area is 195 Å². The number of β-lactam (4-membered cyclic amide) rings is 1. The molecular formula is C18H23KN2O5. The van der Waals surface area contributed by atoms with Gasteiger partial charge in [-0.05, 0) is 31.4 Å². The summed E-state index contributed by atoms with van der Waals surface area (Å²) < 4.78 is 0. The third-order valence-corrected chi connectivity index (χ3v) is 5.57. The molecule has 1 aliphatic carbocycles. The number of carbonyl (C=O) groups excluding carboxylic acids is 3. The fourth-order valence-corrected chi connectivity index (χ4v) is 4.47. The molecule has 2 aliphatic heterocycles. The first kappa shape index (κ1) is 21.8. The van der Waals surface area contributed by atoms with Crippen LogP contribution in [-0.2, 0) is 14.4 Å². The molecule has 0 spiro atoms. The van der Waals surface area contributed by atoms with Gasteiger partial charge in [-0.3, -0.25) is 9.59 Å². The average Bonchev–Trinajstić information content (AvgIpc) is 2.83. The fourth-order valence-electron chi connectivity index (χ4n) is 4.47. The van der Waals surface area contributed by atoms with Crippen LogP contribution >= 0.6 is 0 Å². The van der Waals surface area contributed by atoms with Crippen molar-refractivity contribution in [2.75, 3.05) is 14.1 Å². The Balaban J connectivity index is 0.00000243. The molecular weight excluding hydrogens is 363 g/mol. The van der Waals surface area contributed by atoms with Crippen molar-refractivity contribution in [3.05, 3.63) is 23.4 Å². The molecule has 3 rings (SSSR count). The van der Waals surface area contributed by atoms with Crippen LogP contribution < -0.4 is 56.5 Å². The van der Waals surface area contributed by atoms with Crippen LogP contribution in [0.2, 0.25) is 0 Å². The van der Waals surface area contributed by atoms with E-state index in [9.17, 15) is 24.6 Å². The zero-order valence-corrected chi connectivity index (χ0v) is 18.8. The number of allylic oxidation sites excluding steroid dienone is 1. The molecule has 0 aromatic rings. The molecule has 26 heavy (non-hydrogen) atoms. The van der Waals surface area contributed by atoms with Gasteiger partial charge in [0.2, 0.25) is 11.8 Å². The van der Waals surface area contributed by atoms with E-state index in [0.717, 1.165) is 19.3 Å². The third kappa shape index (κ3) is 3.47. The normalized spacial score (nSPS) is 31.1. The van der Waals surface area contributed by atoms with Crippen LogP contribution in [-0.4, -0.2) is 58.9 Å². The predicted octanol–water partition coefficient (Wildman–Crippen LogP) is -3.72. The summed E-state index contributed by atoms with van der Waals surface area (Å²) in [6.07, 6.45) is 4.76. The van der Waals surface area contributed by atoms with E-state index in [1.807, 2.05) is 0 Å². The number of nitrogens with zero attached hydrogens (tertiary/aromatic N) is 2. The number of aliphatic carboxylic acids is 1. The molecule has 2 fully saturated rings. The maximum atomic E-state index is 12.4. The number of carboxylic acids is 1. The zero-order valence-electron chi connectivity index (χ0n) is 15.6. The van der Waals surface area contributed by atoms with Crippen molar-refractivity contribution in [3.8, 4) is 0 Å². The molecule has 2 amide bonds. The standard InChI is InChI=1S/C18H24N2O5.K/c1-9(21)13-15-11-6-4-5-10(7-8-12(22)19(2)3)14(11)16(18(24)25)20(15)17(13)23;/h7-11,13,15,21H,4-6H2,1-3H3,(H,24,25);/q;+1/p-1/b8-7+;/t9-,10-,11+,13-,15-;/m1./s1. The molecule has 1 saturated heterocycles. The van der Waals surface area contributed by atoms with Gasteiger partial charge in [0.1, 0.15) is 0 Å². The van der Waals surface area contributed by atoms with Gasteiger partial charge in [0.05, 0.1) is 29.7 Å². The van der Waals surface area contributed by atoms with E-state index in [-0.39, 0.29) is 86.8 Å². The number of rotatable bonds is 4. The van der Waals surface area contributed by atoms with Gasteiger partial charge in [-0.25, -0.2) is 0 Å². The van der Waals surface area contributed by atoms with Gasteiger partial charge in [-0.2, -0.15) is 0 Å². The first-order valence-corrected chi connectivity index (χ1v) is 8.61. The third-order valence-electron chi connectivity index (χ3n) is 5.57. The largest absolute Gasteiger partial charge is 1.00 e. The monoisotopic (exact) mass is 386 g/mol. The summed E-state index contributed by atoms with van der Waals surface area (Å²) in [4.78, 5) is 38.7. The van der Waals surface area contributed by atoms with Crippen LogP contribution in [0.5, 0.6) is 0 Å². The Morgan fingerprint density at radius 1 is 1.35 bits per heavy atom. The number of carboxylic acid groups (broad SMARTS) is 1. The quantitative estimate of drug-likeness (QED) is 0.304. The van der Waals surface area contributed by atoms with E-state index < -0.39 is 18.0 Å². The van der Waals surface area contributed by atoms with E-state index in [0.29, 0.717) is 5.57 Å². The molecule has 0 aromatic carbocycles. The molecule has 1 N–H and O–H groups in total. The molecule has 8 heteroatoms. The number of aliphatic hydroxyl groups is 1. The van der Waals surface area contributed by atoms with Crippen LogP contribution in [0.3, 0.4) is 0 Å². The first-order chi connectivity index (χ1) is 11.8. The summed E-state index contributed by atoms with van der Waals surface area (Å²) in [7, 11) is 3.30. The SMILES string of the molecule is C[C@@H](O)[C@H]1C(=O)N2C(C(=O)[O-])=C3[C@@H](/C=C/C(=O)N(C)C)CCC[C@@H]3[C@H]12.[K+]. The first-order valence-electron chi connectivity index (χ1n) is 8.61. The fraction of sp³-hybridized carbons (Fsp3) is 0.611. The van der Waals surface area contributed by atoms with E-state index in [4.69, 9.17) is 0 Å². The van der Waals surface area contributed by atoms with Crippen LogP contribution in [0.15, 0.2) is 23.4 Å². The number of fused-ring (bicyclic) bond motifs is 3. The topological polar surface area (TPSA) is 101 Å². The Hall–Kier alpha value is -0.514. The molecule has 136 valence electrons. The minimum atomic E-state index is -1.36. The maximum Gasteiger partial charge on any atom is 1.00 e. The summed E-state index contributed by atoms with van der Waals surface area (Å²) in [6.45, 7) is 1.56. The molecule has 3 aliphatic rings. The molecule has 1 saturated carbocycles. The summed E-state index contributed by atoms with van der Waals surface area (Å²) in [6, 6.07) is -0.309. The molecule has 0 bridgehead atoms. The van der Waals surface area contributed by atoms with Gasteiger partial charge in [-0.1, -0.05) is 12.5 Å². The number of hydrogen-bond acceptors (Lipinski definition) is 5. The second-order valence-corrected chi connectivity index (χ2v) is 7.29. The Bertz CT molecular complexity index is 685. The number of amides is 2. The van der Waals surface area contributed by atoms with Crippen molar-refractivity contribution in [3.63, 3.8) is 0 Å². The smallest absolute Gasteiger partial charge is 0.543 e. The van der Waals surface area contributed by atoms with E-state index >= 15 is 0 Å². The van der Waals surface area contributed by atoms with Crippen molar-refractivity contribution in [1.82, 2.24) is 9.80 Å². The Kier molecular flexibility index (Phi) is 6.90. The van der Waals surface area contributed by atoms with E-state index in [1.54, 1.807) is 27.1 Å². The number of aliphatic hydroxyl groups excluding tert-OH is 1. The maximum absolute atomic E-state index is 12.4. The second kappa shape index (κ2) is 8.24. The number of hydrogen-bond donors (Lipinski definition) is 1. The van der Waals surface area contributed by atoms with Crippen LogP contribution in [0.25, 0.3) is 0 Å². The van der Waals surface area contributed by atoms with Crippen LogP contribution in [0.4, 0.5) is 0 Å². The van der Waals surface area contributed by atoms with E-state index in [1.165, 1.54) is 15.9 Å². The van der Waals surface area contributed by atoms with Gasteiger partial charge >= 0.3 is 51.4 Å². The summed E-state index contributed by atoms with van der Waals surface area (Å²) >= 11 is 0. The average molecular weight is 386 g/mol. The van der Waals surface area contributed by atoms with Gasteiger partial charge in [0.25, 0.3) is 0 Å².